The van der Waals surface area contributed by atoms with Crippen LogP contribution in [0.3, 0.4) is 0 Å². The quantitative estimate of drug-likeness (QED) is 0.311. The molecule has 0 aliphatic rings. The van der Waals surface area contributed by atoms with Crippen molar-refractivity contribution in [3.8, 4) is 11.1 Å². The summed E-state index contributed by atoms with van der Waals surface area (Å²) in [5.74, 6) is -1.22. The lowest BCUT2D eigenvalue weighted by molar-refractivity contribution is -0.130. The third-order valence-electron chi connectivity index (χ3n) is 3.33. The summed E-state index contributed by atoms with van der Waals surface area (Å²) in [6.45, 7) is -0.125. The molecule has 7 N–H and O–H groups in total. The Hall–Kier alpha value is -2.90. The zero-order chi connectivity index (χ0) is 16.8. The summed E-state index contributed by atoms with van der Waals surface area (Å²) in [6.07, 6.45) is 0. The fourth-order valence-corrected chi connectivity index (χ4v) is 2.08. The summed E-state index contributed by atoms with van der Waals surface area (Å²) in [6, 6.07) is 13.2. The second-order valence-corrected chi connectivity index (χ2v) is 4.94. The van der Waals surface area contributed by atoms with Crippen molar-refractivity contribution in [2.45, 2.75) is 6.04 Å². The highest BCUT2D eigenvalue weighted by atomic mass is 16.5. The van der Waals surface area contributed by atoms with Gasteiger partial charge in [-0.25, -0.2) is 5.48 Å². The van der Waals surface area contributed by atoms with Crippen molar-refractivity contribution in [2.24, 2.45) is 5.73 Å². The molecule has 0 radical (unpaired) electrons. The van der Waals surface area contributed by atoms with Gasteiger partial charge in [0.2, 0.25) is 0 Å². The molecule has 0 bridgehead atoms. The smallest absolute Gasteiger partial charge is 0.267 e. The first-order chi connectivity index (χ1) is 11.0. The Bertz CT molecular complexity index is 701. The van der Waals surface area contributed by atoms with Crippen molar-refractivity contribution in [1.29, 1.82) is 0 Å². The van der Waals surface area contributed by atoms with Gasteiger partial charge in [0.15, 0.2) is 0 Å². The molecule has 2 aromatic carbocycles. The molecule has 0 spiro atoms. The Balaban J connectivity index is 2.13. The molecule has 2 aromatic rings. The van der Waals surface area contributed by atoms with Gasteiger partial charge in [0.05, 0.1) is 0 Å². The van der Waals surface area contributed by atoms with Gasteiger partial charge in [-0.3, -0.25) is 14.8 Å². The summed E-state index contributed by atoms with van der Waals surface area (Å²) in [5.41, 5.74) is 15.5. The van der Waals surface area contributed by atoms with E-state index in [-0.39, 0.29) is 6.54 Å². The maximum Gasteiger partial charge on any atom is 0.267 e. The molecule has 2 rings (SSSR count). The first-order valence-corrected chi connectivity index (χ1v) is 6.96. The highest BCUT2D eigenvalue weighted by Gasteiger charge is 2.19. The van der Waals surface area contributed by atoms with E-state index in [0.29, 0.717) is 11.3 Å². The van der Waals surface area contributed by atoms with Crippen LogP contribution >= 0.6 is 0 Å². The van der Waals surface area contributed by atoms with Crippen molar-refractivity contribution < 1.29 is 14.8 Å². The predicted octanol–water partition coefficient (Wildman–Crippen LogP) is 0.498. The minimum absolute atomic E-state index is 0.125. The van der Waals surface area contributed by atoms with Crippen molar-refractivity contribution >= 4 is 17.5 Å². The molecule has 23 heavy (non-hydrogen) atoms. The normalized spacial score (nSPS) is 11.6. The van der Waals surface area contributed by atoms with Crippen LogP contribution in [0.2, 0.25) is 0 Å². The topological polar surface area (TPSA) is 130 Å². The molecule has 0 saturated carbocycles. The van der Waals surface area contributed by atoms with E-state index in [4.69, 9.17) is 16.7 Å². The fourth-order valence-electron chi connectivity index (χ4n) is 2.08. The highest BCUT2D eigenvalue weighted by Crippen LogP contribution is 2.21. The number of carbonyl (C=O) groups is 2. The molecule has 2 amide bonds. The Morgan fingerprint density at radius 2 is 1.78 bits per heavy atom. The maximum absolute atomic E-state index is 12.1. The Kier molecular flexibility index (Phi) is 5.29. The monoisotopic (exact) mass is 314 g/mol. The van der Waals surface area contributed by atoms with Crippen molar-refractivity contribution in [1.82, 2.24) is 10.8 Å². The number of nitrogen functional groups attached to an aromatic ring is 1. The molecule has 0 heterocycles. The maximum atomic E-state index is 12.1. The first kappa shape index (κ1) is 16.5. The SMILES string of the molecule is NC[C@H](NC(=O)c1ccc(-c2cccc(N)c2)cc1)C(=O)NO. The van der Waals surface area contributed by atoms with Crippen LogP contribution in [-0.2, 0) is 4.79 Å². The van der Waals surface area contributed by atoms with E-state index in [0.717, 1.165) is 11.1 Å². The van der Waals surface area contributed by atoms with Crippen LogP contribution < -0.4 is 22.3 Å². The zero-order valence-electron chi connectivity index (χ0n) is 12.3. The molecule has 0 aliphatic carbocycles. The zero-order valence-corrected chi connectivity index (χ0v) is 12.3. The summed E-state index contributed by atoms with van der Waals surface area (Å²) < 4.78 is 0. The lowest BCUT2D eigenvalue weighted by atomic mass is 10.0. The van der Waals surface area contributed by atoms with E-state index in [1.165, 1.54) is 5.48 Å². The molecule has 0 aliphatic heterocycles. The molecule has 120 valence electrons. The van der Waals surface area contributed by atoms with Crippen molar-refractivity contribution in [2.75, 3.05) is 12.3 Å². The van der Waals surface area contributed by atoms with E-state index in [1.807, 2.05) is 18.2 Å². The highest BCUT2D eigenvalue weighted by molar-refractivity contribution is 5.97. The van der Waals surface area contributed by atoms with Gasteiger partial charge in [-0.05, 0) is 35.4 Å². The number of nitrogens with one attached hydrogen (secondary N) is 2. The van der Waals surface area contributed by atoms with Crippen molar-refractivity contribution in [3.05, 3.63) is 54.1 Å². The number of amides is 2. The van der Waals surface area contributed by atoms with Gasteiger partial charge in [0.1, 0.15) is 6.04 Å². The van der Waals surface area contributed by atoms with E-state index in [2.05, 4.69) is 5.32 Å². The molecule has 0 saturated heterocycles. The number of carbonyl (C=O) groups excluding carboxylic acids is 2. The molecular formula is C16H18N4O3. The predicted molar refractivity (Wildman–Crippen MR) is 86.5 cm³/mol. The summed E-state index contributed by atoms with van der Waals surface area (Å²) in [4.78, 5) is 23.4. The number of nitrogens with two attached hydrogens (primary N) is 2. The third kappa shape index (κ3) is 4.06. The molecular weight excluding hydrogens is 296 g/mol. The summed E-state index contributed by atoms with van der Waals surface area (Å²) >= 11 is 0. The van der Waals surface area contributed by atoms with Crippen molar-refractivity contribution in [3.63, 3.8) is 0 Å². The number of hydrogen-bond donors (Lipinski definition) is 5. The molecule has 1 atom stereocenters. The van der Waals surface area contributed by atoms with Crippen LogP contribution in [0, 0.1) is 0 Å². The lowest BCUT2D eigenvalue weighted by Gasteiger charge is -2.14. The van der Waals surface area contributed by atoms with Gasteiger partial charge in [-0.1, -0.05) is 24.3 Å². The fraction of sp³-hybridized carbons (Fsp3) is 0.125. The van der Waals surface area contributed by atoms with Crippen LogP contribution in [0.5, 0.6) is 0 Å². The standard InChI is InChI=1S/C16H18N4O3/c17-9-14(16(22)20-23)19-15(21)11-6-4-10(5-7-11)12-2-1-3-13(18)8-12/h1-8,14,23H,9,17-18H2,(H,19,21)(H,20,22)/t14-/m0/s1. The number of benzene rings is 2. The van der Waals surface area contributed by atoms with E-state index >= 15 is 0 Å². The molecule has 0 aromatic heterocycles. The lowest BCUT2D eigenvalue weighted by Crippen LogP contribution is -2.50. The minimum Gasteiger partial charge on any atom is -0.399 e. The van der Waals surface area contributed by atoms with Crippen LogP contribution in [0.15, 0.2) is 48.5 Å². The van der Waals surface area contributed by atoms with Crippen LogP contribution in [-0.4, -0.2) is 29.6 Å². The van der Waals surface area contributed by atoms with E-state index < -0.39 is 17.9 Å². The van der Waals surface area contributed by atoms with Gasteiger partial charge in [0, 0.05) is 17.8 Å². The molecule has 7 heteroatoms. The first-order valence-electron chi connectivity index (χ1n) is 6.96. The Labute approximate surface area is 133 Å². The molecule has 0 fully saturated rings. The summed E-state index contributed by atoms with van der Waals surface area (Å²) in [5, 5.41) is 11.0. The Morgan fingerprint density at radius 3 is 2.35 bits per heavy atom. The second kappa shape index (κ2) is 7.39. The average Bonchev–Trinajstić information content (AvgIpc) is 2.59. The second-order valence-electron chi connectivity index (χ2n) is 4.94. The van der Waals surface area contributed by atoms with Gasteiger partial charge in [0.25, 0.3) is 11.8 Å². The van der Waals surface area contributed by atoms with Gasteiger partial charge in [-0.2, -0.15) is 0 Å². The third-order valence-corrected chi connectivity index (χ3v) is 3.33. The van der Waals surface area contributed by atoms with Gasteiger partial charge in [-0.15, -0.1) is 0 Å². The molecule has 0 unspecified atom stereocenters. The Morgan fingerprint density at radius 1 is 1.09 bits per heavy atom. The van der Waals surface area contributed by atoms with Crippen LogP contribution in [0.25, 0.3) is 11.1 Å². The summed E-state index contributed by atoms with van der Waals surface area (Å²) in [7, 11) is 0. The molecule has 7 nitrogen and oxygen atoms in total. The van der Waals surface area contributed by atoms with Crippen LogP contribution in [0.1, 0.15) is 10.4 Å². The minimum atomic E-state index is -0.999. The number of hydroxylamine groups is 1. The van der Waals surface area contributed by atoms with Gasteiger partial charge >= 0.3 is 0 Å². The van der Waals surface area contributed by atoms with E-state index in [1.54, 1.807) is 30.3 Å². The number of rotatable bonds is 5. The number of anilines is 1. The van der Waals surface area contributed by atoms with Gasteiger partial charge < -0.3 is 16.8 Å². The average molecular weight is 314 g/mol. The van der Waals surface area contributed by atoms with Crippen LogP contribution in [0.4, 0.5) is 5.69 Å². The van der Waals surface area contributed by atoms with E-state index in [9.17, 15) is 9.59 Å². The largest absolute Gasteiger partial charge is 0.399 e. The number of hydrogen-bond acceptors (Lipinski definition) is 5.